The fourth-order valence-electron chi connectivity index (χ4n) is 3.27. The number of amides is 2. The summed E-state index contributed by atoms with van der Waals surface area (Å²) in [5, 5.41) is 8.94. The van der Waals surface area contributed by atoms with Crippen LogP contribution in [0.1, 0.15) is 12.5 Å². The van der Waals surface area contributed by atoms with Crippen molar-refractivity contribution in [3.63, 3.8) is 0 Å². The highest BCUT2D eigenvalue weighted by molar-refractivity contribution is 8.00. The maximum atomic E-state index is 13.1. The molecule has 0 fully saturated rings. The molecule has 2 amide bonds. The van der Waals surface area contributed by atoms with Gasteiger partial charge in [-0.2, -0.15) is 13.2 Å². The number of carbonyl (C=O) groups is 2. The normalized spacial score (nSPS) is 14.5. The molecule has 2 N–H and O–H groups in total. The van der Waals surface area contributed by atoms with Gasteiger partial charge in [0, 0.05) is 5.56 Å². The fourth-order valence-corrected chi connectivity index (χ4v) is 4.05. The Morgan fingerprint density at radius 3 is 2.61 bits per heavy atom. The van der Waals surface area contributed by atoms with Gasteiger partial charge in [0.1, 0.15) is 12.3 Å². The minimum absolute atomic E-state index is 0.0636. The van der Waals surface area contributed by atoms with Crippen molar-refractivity contribution < 1.29 is 27.5 Å². The predicted octanol–water partition coefficient (Wildman–Crippen LogP) is 3.97. The number of aromatic nitrogens is 3. The van der Waals surface area contributed by atoms with E-state index in [-0.39, 0.29) is 17.9 Å². The molecule has 0 spiro atoms. The third kappa shape index (κ3) is 4.80. The number of thioether (sulfide) groups is 1. The zero-order valence-corrected chi connectivity index (χ0v) is 18.3. The quantitative estimate of drug-likeness (QED) is 0.540. The van der Waals surface area contributed by atoms with Crippen molar-refractivity contribution in [3.8, 4) is 17.1 Å². The van der Waals surface area contributed by atoms with Crippen LogP contribution in [0.4, 0.5) is 24.5 Å². The topological polar surface area (TPSA) is 100 Å². The van der Waals surface area contributed by atoms with Gasteiger partial charge in [-0.25, -0.2) is 4.98 Å². The average Bonchev–Trinajstić information content (AvgIpc) is 3.25. The molecule has 3 aromatic rings. The van der Waals surface area contributed by atoms with Crippen molar-refractivity contribution >= 4 is 35.0 Å². The maximum absolute atomic E-state index is 13.1. The van der Waals surface area contributed by atoms with Crippen LogP contribution in [-0.4, -0.2) is 45.9 Å². The highest BCUT2D eigenvalue weighted by atomic mass is 32.2. The number of hydrogen-bond donors (Lipinski definition) is 2. The van der Waals surface area contributed by atoms with Crippen LogP contribution in [0, 0.1) is 0 Å². The van der Waals surface area contributed by atoms with E-state index in [1.54, 1.807) is 38.3 Å². The molecule has 0 aliphatic carbocycles. The number of methoxy groups -OCH3 is 1. The summed E-state index contributed by atoms with van der Waals surface area (Å²) < 4.78 is 44.2. The van der Waals surface area contributed by atoms with Crippen molar-refractivity contribution in [1.29, 1.82) is 0 Å². The summed E-state index contributed by atoms with van der Waals surface area (Å²) in [5.74, 6) is 0.168. The molecule has 8 nitrogen and oxygen atoms in total. The molecule has 1 aliphatic rings. The van der Waals surface area contributed by atoms with Crippen LogP contribution < -0.4 is 15.0 Å². The first kappa shape index (κ1) is 22.6. The van der Waals surface area contributed by atoms with Crippen LogP contribution in [0.15, 0.2) is 47.6 Å². The minimum atomic E-state index is -4.57. The summed E-state index contributed by atoms with van der Waals surface area (Å²) in [5.41, 5.74) is 0.00144. The molecule has 172 valence electrons. The van der Waals surface area contributed by atoms with E-state index in [4.69, 9.17) is 4.74 Å². The first-order chi connectivity index (χ1) is 15.7. The second-order valence-electron chi connectivity index (χ2n) is 7.16. The van der Waals surface area contributed by atoms with Crippen molar-refractivity contribution in [2.45, 2.75) is 23.5 Å². The third-order valence-electron chi connectivity index (χ3n) is 4.91. The average molecular weight is 477 g/mol. The number of H-pyrrole nitrogens is 1. The molecule has 1 aliphatic heterocycles. The summed E-state index contributed by atoms with van der Waals surface area (Å²) in [6.45, 7) is 1.32. The molecule has 0 unspecified atom stereocenters. The lowest BCUT2D eigenvalue weighted by Gasteiger charge is -2.31. The third-order valence-corrected chi connectivity index (χ3v) is 5.86. The second kappa shape index (κ2) is 8.77. The van der Waals surface area contributed by atoms with Gasteiger partial charge in [0.2, 0.25) is 17.0 Å². The van der Waals surface area contributed by atoms with E-state index < -0.39 is 28.8 Å². The maximum Gasteiger partial charge on any atom is 0.416 e. The van der Waals surface area contributed by atoms with Crippen LogP contribution in [0.2, 0.25) is 0 Å². The lowest BCUT2D eigenvalue weighted by Crippen LogP contribution is -2.45. The Hall–Kier alpha value is -3.54. The number of halogens is 3. The van der Waals surface area contributed by atoms with E-state index in [9.17, 15) is 22.8 Å². The Balaban J connectivity index is 1.51. The first-order valence-electron chi connectivity index (χ1n) is 9.71. The number of benzene rings is 2. The number of nitrogens with one attached hydrogen (secondary N) is 2. The van der Waals surface area contributed by atoms with Crippen LogP contribution in [0.25, 0.3) is 11.4 Å². The molecule has 12 heteroatoms. The summed E-state index contributed by atoms with van der Waals surface area (Å²) in [4.78, 5) is 30.7. The minimum Gasteiger partial charge on any atom is -0.497 e. The Morgan fingerprint density at radius 2 is 1.94 bits per heavy atom. The molecule has 2 aromatic carbocycles. The van der Waals surface area contributed by atoms with Gasteiger partial charge in [-0.1, -0.05) is 11.8 Å². The molecule has 0 radical (unpaired) electrons. The summed E-state index contributed by atoms with van der Waals surface area (Å²) in [6.07, 6.45) is -4.57. The SMILES string of the molecule is COc1ccc(-c2nc(S[C@@H](C)C(=O)N3CC(=O)Nc4cc(C(F)(F)F)ccc43)n[nH]2)cc1. The van der Waals surface area contributed by atoms with Gasteiger partial charge in [0.15, 0.2) is 5.82 Å². The number of fused-ring (bicyclic) bond motifs is 1. The van der Waals surface area contributed by atoms with Gasteiger partial charge in [-0.3, -0.25) is 19.6 Å². The predicted molar refractivity (Wildman–Crippen MR) is 116 cm³/mol. The number of nitrogens with zero attached hydrogens (tertiary/aromatic N) is 3. The molecule has 0 bridgehead atoms. The highest BCUT2D eigenvalue weighted by Crippen LogP contribution is 2.38. The van der Waals surface area contributed by atoms with Gasteiger partial charge in [0.05, 0.1) is 29.3 Å². The van der Waals surface area contributed by atoms with Crippen molar-refractivity contribution in [2.75, 3.05) is 23.9 Å². The molecule has 0 saturated heterocycles. The van der Waals surface area contributed by atoms with Crippen molar-refractivity contribution in [3.05, 3.63) is 48.0 Å². The summed E-state index contributed by atoms with van der Waals surface area (Å²) in [6, 6.07) is 10.1. The number of anilines is 2. The fraction of sp³-hybridized carbons (Fsp3) is 0.238. The number of rotatable bonds is 5. The Morgan fingerprint density at radius 1 is 1.21 bits per heavy atom. The molecule has 2 heterocycles. The van der Waals surface area contributed by atoms with Gasteiger partial charge >= 0.3 is 6.18 Å². The van der Waals surface area contributed by atoms with Gasteiger partial charge in [-0.05, 0) is 49.4 Å². The Labute approximate surface area is 190 Å². The number of alkyl halides is 3. The molecule has 4 rings (SSSR count). The molecular formula is C21H18F3N5O3S. The monoisotopic (exact) mass is 477 g/mol. The van der Waals surface area contributed by atoms with Crippen LogP contribution in [0.3, 0.4) is 0 Å². The van der Waals surface area contributed by atoms with E-state index in [0.29, 0.717) is 16.7 Å². The highest BCUT2D eigenvalue weighted by Gasteiger charge is 2.35. The number of carbonyl (C=O) groups excluding carboxylic acids is 2. The lowest BCUT2D eigenvalue weighted by atomic mass is 10.1. The van der Waals surface area contributed by atoms with Gasteiger partial charge < -0.3 is 10.1 Å². The van der Waals surface area contributed by atoms with E-state index in [2.05, 4.69) is 20.5 Å². The molecule has 0 saturated carbocycles. The summed E-state index contributed by atoms with van der Waals surface area (Å²) >= 11 is 1.07. The molecule has 1 aromatic heterocycles. The lowest BCUT2D eigenvalue weighted by molar-refractivity contribution is -0.137. The van der Waals surface area contributed by atoms with Gasteiger partial charge in [0.25, 0.3) is 0 Å². The van der Waals surface area contributed by atoms with Crippen LogP contribution >= 0.6 is 11.8 Å². The van der Waals surface area contributed by atoms with Gasteiger partial charge in [-0.15, -0.1) is 5.10 Å². The Bertz CT molecular complexity index is 1200. The largest absolute Gasteiger partial charge is 0.497 e. The zero-order valence-electron chi connectivity index (χ0n) is 17.4. The van der Waals surface area contributed by atoms with Crippen molar-refractivity contribution in [2.24, 2.45) is 0 Å². The summed E-state index contributed by atoms with van der Waals surface area (Å²) in [7, 11) is 1.57. The van der Waals surface area contributed by atoms with Crippen LogP contribution in [-0.2, 0) is 15.8 Å². The number of ether oxygens (including phenoxy) is 1. The second-order valence-corrected chi connectivity index (χ2v) is 8.47. The van der Waals surface area contributed by atoms with E-state index in [1.165, 1.54) is 11.0 Å². The molecule has 1 atom stereocenters. The first-order valence-corrected chi connectivity index (χ1v) is 10.6. The van der Waals surface area contributed by atoms with Crippen LogP contribution in [0.5, 0.6) is 5.75 Å². The number of aromatic amines is 1. The zero-order chi connectivity index (χ0) is 23.8. The standard InChI is InChI=1S/C21H18F3N5O3S/c1-11(33-20-26-18(27-28-20)12-3-6-14(32-2)7-4-12)19(31)29-10-17(30)25-15-9-13(21(22,23)24)5-8-16(15)29/h3-9,11H,10H2,1-2H3,(H,25,30)(H,26,27,28)/t11-/m0/s1. The Kier molecular flexibility index (Phi) is 6.02. The molecule has 33 heavy (non-hydrogen) atoms. The van der Waals surface area contributed by atoms with E-state index in [0.717, 1.165) is 29.5 Å². The smallest absolute Gasteiger partial charge is 0.416 e. The molecular weight excluding hydrogens is 459 g/mol. The van der Waals surface area contributed by atoms with E-state index in [1.807, 2.05) is 0 Å². The number of hydrogen-bond acceptors (Lipinski definition) is 6. The van der Waals surface area contributed by atoms with Crippen molar-refractivity contribution in [1.82, 2.24) is 15.2 Å². The van der Waals surface area contributed by atoms with E-state index >= 15 is 0 Å².